The lowest BCUT2D eigenvalue weighted by atomic mass is 10.1. The fourth-order valence-corrected chi connectivity index (χ4v) is 2.08. The molecule has 0 amide bonds. The molecule has 104 valence electrons. The van der Waals surface area contributed by atoms with E-state index in [9.17, 15) is 0 Å². The molecule has 1 aromatic heterocycles. The Bertz CT molecular complexity index is 334. The third-order valence-corrected chi connectivity index (χ3v) is 3.18. The predicted octanol–water partition coefficient (Wildman–Crippen LogP) is 2.73. The van der Waals surface area contributed by atoms with E-state index in [1.807, 2.05) is 4.68 Å². The lowest BCUT2D eigenvalue weighted by Gasteiger charge is -2.19. The normalized spacial score (nSPS) is 15.0. The predicted molar refractivity (Wildman–Crippen MR) is 73.3 cm³/mol. The van der Waals surface area contributed by atoms with E-state index in [0.29, 0.717) is 12.0 Å². The minimum absolute atomic E-state index is 0.202. The summed E-state index contributed by atoms with van der Waals surface area (Å²) in [5, 5.41) is 15.7. The standard InChI is InChI=1S/C13H27N5/c1-6-8-12(7-2)18-13(15-16-17-18)11(5)14-9-10(3)4/h10-12,14H,6-9H2,1-5H3. The van der Waals surface area contributed by atoms with Crippen LogP contribution in [0.4, 0.5) is 0 Å². The summed E-state index contributed by atoms with van der Waals surface area (Å²) in [6, 6.07) is 0.622. The van der Waals surface area contributed by atoms with Crippen LogP contribution in [0, 0.1) is 5.92 Å². The molecule has 0 saturated heterocycles. The molecule has 5 heteroatoms. The Morgan fingerprint density at radius 1 is 1.22 bits per heavy atom. The lowest BCUT2D eigenvalue weighted by Crippen LogP contribution is -2.27. The molecule has 0 bridgehead atoms. The Balaban J connectivity index is 2.73. The Labute approximate surface area is 110 Å². The van der Waals surface area contributed by atoms with E-state index in [0.717, 1.165) is 31.6 Å². The third-order valence-electron chi connectivity index (χ3n) is 3.18. The van der Waals surface area contributed by atoms with E-state index in [1.165, 1.54) is 0 Å². The van der Waals surface area contributed by atoms with Crippen molar-refractivity contribution in [2.24, 2.45) is 5.92 Å². The van der Waals surface area contributed by atoms with Gasteiger partial charge in [-0.1, -0.05) is 34.1 Å². The molecule has 0 radical (unpaired) electrons. The summed E-state index contributed by atoms with van der Waals surface area (Å²) in [4.78, 5) is 0. The van der Waals surface area contributed by atoms with Gasteiger partial charge in [0, 0.05) is 0 Å². The third kappa shape index (κ3) is 4.05. The van der Waals surface area contributed by atoms with Crippen LogP contribution in [0.3, 0.4) is 0 Å². The highest BCUT2D eigenvalue weighted by atomic mass is 15.6. The second-order valence-electron chi connectivity index (χ2n) is 5.36. The first-order valence-corrected chi connectivity index (χ1v) is 7.11. The summed E-state index contributed by atoms with van der Waals surface area (Å²) < 4.78 is 2.00. The van der Waals surface area contributed by atoms with Crippen LogP contribution >= 0.6 is 0 Å². The number of rotatable bonds is 8. The van der Waals surface area contributed by atoms with Crippen molar-refractivity contribution < 1.29 is 0 Å². The van der Waals surface area contributed by atoms with Gasteiger partial charge in [-0.2, -0.15) is 0 Å². The van der Waals surface area contributed by atoms with Gasteiger partial charge in [0.15, 0.2) is 5.82 Å². The average molecular weight is 253 g/mol. The zero-order valence-corrected chi connectivity index (χ0v) is 12.3. The Morgan fingerprint density at radius 2 is 1.94 bits per heavy atom. The molecule has 0 aliphatic carbocycles. The first kappa shape index (κ1) is 15.1. The SMILES string of the molecule is CCCC(CC)n1nnnc1C(C)NCC(C)C. The average Bonchev–Trinajstić information content (AvgIpc) is 2.81. The van der Waals surface area contributed by atoms with Crippen LogP contribution in [0.2, 0.25) is 0 Å². The van der Waals surface area contributed by atoms with Crippen LogP contribution in [0.15, 0.2) is 0 Å². The molecule has 2 unspecified atom stereocenters. The summed E-state index contributed by atoms with van der Waals surface area (Å²) in [6.07, 6.45) is 3.36. The lowest BCUT2D eigenvalue weighted by molar-refractivity contribution is 0.367. The minimum Gasteiger partial charge on any atom is -0.307 e. The van der Waals surface area contributed by atoms with Crippen molar-refractivity contribution >= 4 is 0 Å². The molecule has 1 aromatic rings. The first-order valence-electron chi connectivity index (χ1n) is 7.11. The summed E-state index contributed by atoms with van der Waals surface area (Å²) in [7, 11) is 0. The molecule has 0 fully saturated rings. The van der Waals surface area contributed by atoms with Crippen molar-refractivity contribution in [2.75, 3.05) is 6.54 Å². The molecule has 0 aliphatic rings. The minimum atomic E-state index is 0.202. The highest BCUT2D eigenvalue weighted by molar-refractivity contribution is 4.92. The molecule has 0 saturated carbocycles. The zero-order chi connectivity index (χ0) is 13.5. The van der Waals surface area contributed by atoms with Crippen molar-refractivity contribution in [2.45, 2.75) is 66.0 Å². The summed E-state index contributed by atoms with van der Waals surface area (Å²) in [6.45, 7) is 11.9. The van der Waals surface area contributed by atoms with E-state index in [4.69, 9.17) is 0 Å². The Kier molecular flexibility index (Phi) is 6.25. The maximum Gasteiger partial charge on any atom is 0.168 e. The van der Waals surface area contributed by atoms with Crippen LogP contribution in [0.5, 0.6) is 0 Å². The van der Waals surface area contributed by atoms with Gasteiger partial charge < -0.3 is 5.32 Å². The van der Waals surface area contributed by atoms with Crippen LogP contribution in [-0.2, 0) is 0 Å². The molecule has 1 heterocycles. The monoisotopic (exact) mass is 253 g/mol. The van der Waals surface area contributed by atoms with Crippen molar-refractivity contribution in [1.82, 2.24) is 25.5 Å². The van der Waals surface area contributed by atoms with Gasteiger partial charge in [-0.05, 0) is 42.7 Å². The van der Waals surface area contributed by atoms with Gasteiger partial charge in [0.1, 0.15) is 0 Å². The van der Waals surface area contributed by atoms with Crippen LogP contribution < -0.4 is 5.32 Å². The van der Waals surface area contributed by atoms with E-state index < -0.39 is 0 Å². The molecule has 18 heavy (non-hydrogen) atoms. The van der Waals surface area contributed by atoms with Gasteiger partial charge >= 0.3 is 0 Å². The summed E-state index contributed by atoms with van der Waals surface area (Å²) >= 11 is 0. The maximum absolute atomic E-state index is 4.18. The number of hydrogen-bond donors (Lipinski definition) is 1. The maximum atomic E-state index is 4.18. The topological polar surface area (TPSA) is 55.6 Å². The zero-order valence-electron chi connectivity index (χ0n) is 12.3. The second kappa shape index (κ2) is 7.46. The summed E-state index contributed by atoms with van der Waals surface area (Å²) in [5.74, 6) is 1.59. The number of tetrazole rings is 1. The fraction of sp³-hybridized carbons (Fsp3) is 0.923. The molecular weight excluding hydrogens is 226 g/mol. The molecule has 0 aliphatic heterocycles. The van der Waals surface area contributed by atoms with Gasteiger partial charge in [-0.15, -0.1) is 5.10 Å². The van der Waals surface area contributed by atoms with Gasteiger partial charge in [0.05, 0.1) is 12.1 Å². The van der Waals surface area contributed by atoms with Gasteiger partial charge in [0.2, 0.25) is 0 Å². The molecule has 1 N–H and O–H groups in total. The largest absolute Gasteiger partial charge is 0.307 e. The highest BCUT2D eigenvalue weighted by Gasteiger charge is 2.19. The summed E-state index contributed by atoms with van der Waals surface area (Å²) in [5.41, 5.74) is 0. The van der Waals surface area contributed by atoms with Crippen LogP contribution in [0.1, 0.15) is 71.8 Å². The second-order valence-corrected chi connectivity index (χ2v) is 5.36. The van der Waals surface area contributed by atoms with E-state index in [2.05, 4.69) is 55.5 Å². The van der Waals surface area contributed by atoms with Gasteiger partial charge in [0.25, 0.3) is 0 Å². The van der Waals surface area contributed by atoms with E-state index in [1.54, 1.807) is 0 Å². The van der Waals surface area contributed by atoms with Crippen molar-refractivity contribution in [3.63, 3.8) is 0 Å². The molecular formula is C13H27N5. The van der Waals surface area contributed by atoms with Crippen molar-refractivity contribution in [3.8, 4) is 0 Å². The molecule has 1 rings (SSSR count). The van der Waals surface area contributed by atoms with Crippen LogP contribution in [-0.4, -0.2) is 26.8 Å². The van der Waals surface area contributed by atoms with Gasteiger partial charge in [-0.25, -0.2) is 4.68 Å². The number of nitrogens with zero attached hydrogens (tertiary/aromatic N) is 4. The quantitative estimate of drug-likeness (QED) is 0.774. The number of aromatic nitrogens is 4. The Hall–Kier alpha value is -0.970. The number of hydrogen-bond acceptors (Lipinski definition) is 4. The first-order chi connectivity index (χ1) is 8.60. The molecule has 5 nitrogen and oxygen atoms in total. The number of nitrogens with one attached hydrogen (secondary N) is 1. The van der Waals surface area contributed by atoms with Crippen molar-refractivity contribution in [3.05, 3.63) is 5.82 Å². The Morgan fingerprint density at radius 3 is 2.50 bits per heavy atom. The van der Waals surface area contributed by atoms with Crippen LogP contribution in [0.25, 0.3) is 0 Å². The van der Waals surface area contributed by atoms with Gasteiger partial charge in [-0.3, -0.25) is 0 Å². The smallest absolute Gasteiger partial charge is 0.168 e. The molecule has 0 spiro atoms. The molecule has 2 atom stereocenters. The van der Waals surface area contributed by atoms with Crippen molar-refractivity contribution in [1.29, 1.82) is 0 Å². The van der Waals surface area contributed by atoms with E-state index in [-0.39, 0.29) is 6.04 Å². The van der Waals surface area contributed by atoms with E-state index >= 15 is 0 Å². The molecule has 0 aromatic carbocycles. The fourth-order valence-electron chi connectivity index (χ4n) is 2.08. The highest BCUT2D eigenvalue weighted by Crippen LogP contribution is 2.20.